The van der Waals surface area contributed by atoms with E-state index in [9.17, 15) is 12.6 Å². The van der Waals surface area contributed by atoms with Crippen LogP contribution in [0.1, 0.15) is 0 Å². The van der Waals surface area contributed by atoms with E-state index in [1.165, 1.54) is 0 Å². The second-order valence-electron chi connectivity index (χ2n) is 3.90. The standard InChI is InChI=1S/C11H17NO4S2/c1-18(14,15)8-7-17(13)6-5-16-11-4-2-3-10(12)9-11/h2-4,9H,5-8,12H2,1H3. The molecule has 1 aromatic carbocycles. The molecule has 102 valence electrons. The number of rotatable bonds is 7. The summed E-state index contributed by atoms with van der Waals surface area (Å²) in [5, 5.41) is 0. The minimum atomic E-state index is -3.05. The summed E-state index contributed by atoms with van der Waals surface area (Å²) in [4.78, 5) is 0. The fraction of sp³-hybridized carbons (Fsp3) is 0.455. The van der Waals surface area contributed by atoms with Crippen molar-refractivity contribution in [2.45, 2.75) is 0 Å². The molecule has 0 aliphatic rings. The summed E-state index contributed by atoms with van der Waals surface area (Å²) >= 11 is 0. The Morgan fingerprint density at radius 1 is 1.33 bits per heavy atom. The van der Waals surface area contributed by atoms with Crippen molar-refractivity contribution in [1.82, 2.24) is 0 Å². The third-order valence-electron chi connectivity index (χ3n) is 2.12. The number of nitrogens with two attached hydrogens (primary N) is 1. The summed E-state index contributed by atoms with van der Waals surface area (Å²) in [6, 6.07) is 6.96. The van der Waals surface area contributed by atoms with E-state index in [2.05, 4.69) is 0 Å². The first-order chi connectivity index (χ1) is 8.37. The van der Waals surface area contributed by atoms with Gasteiger partial charge in [0.25, 0.3) is 0 Å². The molecule has 0 heterocycles. The zero-order valence-corrected chi connectivity index (χ0v) is 11.8. The lowest BCUT2D eigenvalue weighted by molar-refractivity contribution is 0.343. The van der Waals surface area contributed by atoms with Crippen LogP contribution in [0.15, 0.2) is 24.3 Å². The smallest absolute Gasteiger partial charge is 0.148 e. The van der Waals surface area contributed by atoms with E-state index in [-0.39, 0.29) is 18.1 Å². The van der Waals surface area contributed by atoms with Gasteiger partial charge in [0.1, 0.15) is 15.6 Å². The number of hydrogen-bond acceptors (Lipinski definition) is 5. The fourth-order valence-corrected chi connectivity index (χ4v) is 3.63. The quantitative estimate of drug-likeness (QED) is 0.737. The van der Waals surface area contributed by atoms with Gasteiger partial charge in [0, 0.05) is 34.6 Å². The van der Waals surface area contributed by atoms with Crippen molar-refractivity contribution < 1.29 is 17.4 Å². The van der Waals surface area contributed by atoms with Crippen molar-refractivity contribution in [1.29, 1.82) is 0 Å². The minimum absolute atomic E-state index is 0.0576. The number of anilines is 1. The Hall–Kier alpha value is -1.08. The zero-order chi connectivity index (χ0) is 13.6. The van der Waals surface area contributed by atoms with Gasteiger partial charge in [0.2, 0.25) is 0 Å². The van der Waals surface area contributed by atoms with Gasteiger partial charge >= 0.3 is 0 Å². The van der Waals surface area contributed by atoms with Crippen LogP contribution < -0.4 is 10.5 Å². The maximum absolute atomic E-state index is 11.5. The number of nitrogen functional groups attached to an aromatic ring is 1. The molecule has 0 fully saturated rings. The number of hydrogen-bond donors (Lipinski definition) is 1. The summed E-state index contributed by atoms with van der Waals surface area (Å²) < 4.78 is 38.6. The topological polar surface area (TPSA) is 86.5 Å². The van der Waals surface area contributed by atoms with Crippen LogP contribution in [0.4, 0.5) is 5.69 Å². The molecule has 18 heavy (non-hydrogen) atoms. The maximum atomic E-state index is 11.5. The molecular weight excluding hydrogens is 274 g/mol. The van der Waals surface area contributed by atoms with E-state index in [0.717, 1.165) is 6.26 Å². The Balaban J connectivity index is 2.28. The number of ether oxygens (including phenoxy) is 1. The van der Waals surface area contributed by atoms with Crippen molar-refractivity contribution in [3.63, 3.8) is 0 Å². The zero-order valence-electron chi connectivity index (χ0n) is 10.2. The molecule has 2 N–H and O–H groups in total. The second kappa shape index (κ2) is 6.75. The molecule has 1 aromatic rings. The van der Waals surface area contributed by atoms with Crippen LogP contribution in [0.25, 0.3) is 0 Å². The molecule has 0 aliphatic heterocycles. The molecule has 1 unspecified atom stereocenters. The van der Waals surface area contributed by atoms with Gasteiger partial charge in [-0.2, -0.15) is 0 Å². The van der Waals surface area contributed by atoms with E-state index in [1.54, 1.807) is 24.3 Å². The van der Waals surface area contributed by atoms with E-state index < -0.39 is 20.6 Å². The van der Waals surface area contributed by atoms with Crippen LogP contribution in [0.3, 0.4) is 0 Å². The Labute approximate surface area is 110 Å². The largest absolute Gasteiger partial charge is 0.493 e. The van der Waals surface area contributed by atoms with Crippen molar-refractivity contribution in [2.75, 3.05) is 35.9 Å². The third kappa shape index (κ3) is 6.61. The van der Waals surface area contributed by atoms with Gasteiger partial charge in [-0.3, -0.25) is 4.21 Å². The monoisotopic (exact) mass is 291 g/mol. The highest BCUT2D eigenvalue weighted by Crippen LogP contribution is 2.14. The molecule has 0 aliphatic carbocycles. The van der Waals surface area contributed by atoms with Crippen molar-refractivity contribution in [2.24, 2.45) is 0 Å². The van der Waals surface area contributed by atoms with Gasteiger partial charge in [-0.1, -0.05) is 6.07 Å². The summed E-state index contributed by atoms with van der Waals surface area (Å²) in [7, 11) is -4.23. The highest BCUT2D eigenvalue weighted by molar-refractivity contribution is 7.92. The van der Waals surface area contributed by atoms with Gasteiger partial charge in [0.05, 0.1) is 18.1 Å². The van der Waals surface area contributed by atoms with Crippen LogP contribution in [-0.4, -0.2) is 42.7 Å². The molecule has 0 spiro atoms. The van der Waals surface area contributed by atoms with Crippen molar-refractivity contribution in [3.05, 3.63) is 24.3 Å². The van der Waals surface area contributed by atoms with Gasteiger partial charge < -0.3 is 10.5 Å². The molecule has 0 radical (unpaired) electrons. The molecule has 5 nitrogen and oxygen atoms in total. The van der Waals surface area contributed by atoms with Gasteiger partial charge in [-0.25, -0.2) is 8.42 Å². The first kappa shape index (κ1) is 15.0. The molecule has 1 rings (SSSR count). The predicted octanol–water partition coefficient (Wildman–Crippen LogP) is 0.441. The normalized spacial score (nSPS) is 13.2. The van der Waals surface area contributed by atoms with Crippen LogP contribution in [-0.2, 0) is 20.6 Å². The van der Waals surface area contributed by atoms with E-state index in [4.69, 9.17) is 10.5 Å². The average molecular weight is 291 g/mol. The molecule has 0 saturated heterocycles. The Morgan fingerprint density at radius 3 is 2.67 bits per heavy atom. The Morgan fingerprint density at radius 2 is 2.06 bits per heavy atom. The summed E-state index contributed by atoms with van der Waals surface area (Å²) in [5.74, 6) is 1.02. The first-order valence-corrected chi connectivity index (χ1v) is 8.93. The molecule has 0 amide bonds. The Kier molecular flexibility index (Phi) is 5.61. The average Bonchev–Trinajstić information content (AvgIpc) is 2.25. The fourth-order valence-electron chi connectivity index (χ4n) is 1.20. The van der Waals surface area contributed by atoms with Crippen LogP contribution in [0, 0.1) is 0 Å². The highest BCUT2D eigenvalue weighted by Gasteiger charge is 2.07. The van der Waals surface area contributed by atoms with Gasteiger partial charge in [-0.15, -0.1) is 0 Å². The molecule has 7 heteroatoms. The predicted molar refractivity (Wildman–Crippen MR) is 73.9 cm³/mol. The number of benzene rings is 1. The van der Waals surface area contributed by atoms with Crippen LogP contribution >= 0.6 is 0 Å². The number of sulfone groups is 1. The third-order valence-corrected chi connectivity index (χ3v) is 4.61. The minimum Gasteiger partial charge on any atom is -0.493 e. The lowest BCUT2D eigenvalue weighted by Gasteiger charge is -2.06. The highest BCUT2D eigenvalue weighted by atomic mass is 32.2. The second-order valence-corrected chi connectivity index (χ2v) is 7.85. The summed E-state index contributed by atoms with van der Waals surface area (Å²) in [6.07, 6.45) is 1.13. The molecule has 0 saturated carbocycles. The SMILES string of the molecule is CS(=O)(=O)CCS(=O)CCOc1cccc(N)c1. The lowest BCUT2D eigenvalue weighted by Crippen LogP contribution is -2.16. The molecule has 1 atom stereocenters. The summed E-state index contributed by atoms with van der Waals surface area (Å²) in [6.45, 7) is 0.278. The van der Waals surface area contributed by atoms with Crippen LogP contribution in [0.2, 0.25) is 0 Å². The van der Waals surface area contributed by atoms with E-state index >= 15 is 0 Å². The van der Waals surface area contributed by atoms with E-state index in [1.807, 2.05) is 0 Å². The van der Waals surface area contributed by atoms with Crippen LogP contribution in [0.5, 0.6) is 5.75 Å². The summed E-state index contributed by atoms with van der Waals surface area (Å²) in [5.41, 5.74) is 6.18. The van der Waals surface area contributed by atoms with Gasteiger partial charge in [0.15, 0.2) is 0 Å². The van der Waals surface area contributed by atoms with Crippen molar-refractivity contribution >= 4 is 26.3 Å². The molecule has 0 bridgehead atoms. The van der Waals surface area contributed by atoms with Crippen molar-refractivity contribution in [3.8, 4) is 5.75 Å². The molecular formula is C11H17NO4S2. The Bertz CT molecular complexity index is 514. The maximum Gasteiger partial charge on any atom is 0.148 e. The van der Waals surface area contributed by atoms with Gasteiger partial charge in [-0.05, 0) is 12.1 Å². The first-order valence-electron chi connectivity index (χ1n) is 5.38. The van der Waals surface area contributed by atoms with E-state index in [0.29, 0.717) is 17.2 Å². The lowest BCUT2D eigenvalue weighted by atomic mass is 10.3. The molecule has 0 aromatic heterocycles.